The molecular weight excluding hydrogens is 768 g/mol. The lowest BCUT2D eigenvalue weighted by Crippen LogP contribution is -2.60. The molecule has 4 heterocycles. The smallest absolute Gasteiger partial charge is 0.352 e. The van der Waals surface area contributed by atoms with E-state index >= 15 is 0 Å². The van der Waals surface area contributed by atoms with E-state index in [4.69, 9.17) is 16.3 Å². The molecule has 3 aromatic carbocycles. The van der Waals surface area contributed by atoms with Crippen molar-refractivity contribution in [2.24, 2.45) is 0 Å². The fourth-order valence-electron chi connectivity index (χ4n) is 8.21. The summed E-state index contributed by atoms with van der Waals surface area (Å²) >= 11 is 6.33. The van der Waals surface area contributed by atoms with Crippen LogP contribution in [0.1, 0.15) is 41.7 Å². The Morgan fingerprint density at radius 2 is 1.69 bits per heavy atom. The maximum absolute atomic E-state index is 14.2. The maximum atomic E-state index is 14.2. The number of aromatic nitrogens is 5. The summed E-state index contributed by atoms with van der Waals surface area (Å²) in [6, 6.07) is 17.8. The van der Waals surface area contributed by atoms with Crippen molar-refractivity contribution >= 4 is 69.2 Å². The zero-order chi connectivity index (χ0) is 40.5. The largest absolute Gasteiger partial charge is 0.477 e. The van der Waals surface area contributed by atoms with E-state index < -0.39 is 29.7 Å². The molecule has 2 aliphatic heterocycles. The number of hydrogen-bond donors (Lipinski definition) is 3. The molecule has 2 aromatic heterocycles. The van der Waals surface area contributed by atoms with E-state index in [0.717, 1.165) is 37.9 Å². The van der Waals surface area contributed by atoms with Crippen LogP contribution in [0.2, 0.25) is 5.02 Å². The van der Waals surface area contributed by atoms with Crippen molar-refractivity contribution in [1.82, 2.24) is 35.0 Å². The molecule has 1 atom stereocenters. The first-order chi connectivity index (χ1) is 28.1. The Hall–Kier alpha value is -6.17. The number of anilines is 3. The highest BCUT2D eigenvalue weighted by atomic mass is 35.5. The molecule has 3 N–H and O–H groups in total. The number of halogens is 1. The van der Waals surface area contributed by atoms with E-state index in [-0.39, 0.29) is 37.2 Å². The molecule has 58 heavy (non-hydrogen) atoms. The van der Waals surface area contributed by atoms with Crippen molar-refractivity contribution in [2.75, 3.05) is 55.0 Å². The lowest BCUT2D eigenvalue weighted by Gasteiger charge is -2.41. The summed E-state index contributed by atoms with van der Waals surface area (Å²) < 4.78 is 6.88. The SMILES string of the molecule is COC1CCC(N2CCN(c3ccc(C[C@@H](C(=O)Nc4ccc5[nH]c(C(=O)O)cc5c4)N4CCN(c5cc(Cl)ccc5-n5cnnn5)C(=O)C4=O)cc3)C(=O)C2)CC1. The predicted molar refractivity (Wildman–Crippen MR) is 213 cm³/mol. The molecule has 1 aliphatic carbocycles. The number of H-pyrrole nitrogens is 1. The molecule has 1 saturated carbocycles. The number of amides is 4. The molecule has 8 rings (SSSR count). The second kappa shape index (κ2) is 16.4. The van der Waals surface area contributed by atoms with Gasteiger partial charge in [-0.3, -0.25) is 24.1 Å². The number of piperazine rings is 2. The number of carbonyl (C=O) groups is 5. The summed E-state index contributed by atoms with van der Waals surface area (Å²) in [5, 5.41) is 24.5. The molecule has 2 saturated heterocycles. The fraction of sp³-hybridized carbons (Fsp3) is 0.350. The Balaban J connectivity index is 1.02. The molecule has 18 heteroatoms. The molecule has 3 fully saturated rings. The zero-order valence-corrected chi connectivity index (χ0v) is 32.3. The number of nitrogens with zero attached hydrogens (tertiary/aromatic N) is 8. The summed E-state index contributed by atoms with van der Waals surface area (Å²) in [6.45, 7) is 1.70. The van der Waals surface area contributed by atoms with Crippen LogP contribution in [0.3, 0.4) is 0 Å². The molecule has 0 bridgehead atoms. The molecule has 0 spiro atoms. The van der Waals surface area contributed by atoms with Crippen LogP contribution in [0.25, 0.3) is 16.6 Å². The molecular formula is C40H41ClN10O7. The third-order valence-electron chi connectivity index (χ3n) is 11.3. The average molecular weight is 809 g/mol. The number of carboxylic acids is 1. The van der Waals surface area contributed by atoms with E-state index in [0.29, 0.717) is 57.7 Å². The zero-order valence-electron chi connectivity index (χ0n) is 31.6. The summed E-state index contributed by atoms with van der Waals surface area (Å²) in [7, 11) is 1.75. The van der Waals surface area contributed by atoms with Gasteiger partial charge in [-0.05, 0) is 96.3 Å². The van der Waals surface area contributed by atoms with Crippen molar-refractivity contribution in [3.63, 3.8) is 0 Å². The van der Waals surface area contributed by atoms with E-state index in [2.05, 4.69) is 30.7 Å². The summed E-state index contributed by atoms with van der Waals surface area (Å²) in [6.07, 6.45) is 5.70. The molecule has 17 nitrogen and oxygen atoms in total. The second-order valence-electron chi connectivity index (χ2n) is 14.7. The average Bonchev–Trinajstić information content (AvgIpc) is 3.93. The predicted octanol–water partition coefficient (Wildman–Crippen LogP) is 3.53. The molecule has 0 unspecified atom stereocenters. The number of carboxylic acid groups (broad SMARTS) is 1. The van der Waals surface area contributed by atoms with Crippen molar-refractivity contribution in [3.8, 4) is 5.69 Å². The number of rotatable bonds is 11. The number of carbonyl (C=O) groups excluding carboxylic acids is 4. The van der Waals surface area contributed by atoms with E-state index in [9.17, 15) is 29.1 Å². The number of fused-ring (bicyclic) bond motifs is 1. The maximum Gasteiger partial charge on any atom is 0.352 e. The quantitative estimate of drug-likeness (QED) is 0.165. The topological polar surface area (TPSA) is 199 Å². The highest BCUT2D eigenvalue weighted by Gasteiger charge is 2.41. The highest BCUT2D eigenvalue weighted by Crippen LogP contribution is 2.31. The van der Waals surface area contributed by atoms with E-state index in [1.807, 2.05) is 24.3 Å². The van der Waals surface area contributed by atoms with Crippen LogP contribution in [0, 0.1) is 0 Å². The summed E-state index contributed by atoms with van der Waals surface area (Å²) in [5.74, 6) is -3.41. The number of aromatic amines is 1. The number of nitrogens with one attached hydrogen (secondary N) is 2. The van der Waals surface area contributed by atoms with Gasteiger partial charge in [0, 0.05) is 73.1 Å². The minimum Gasteiger partial charge on any atom is -0.477 e. The first kappa shape index (κ1) is 38.7. The van der Waals surface area contributed by atoms with Gasteiger partial charge in [0.2, 0.25) is 11.8 Å². The number of ether oxygens (including phenoxy) is 1. The van der Waals surface area contributed by atoms with E-state index in [1.54, 1.807) is 48.4 Å². The lowest BCUT2D eigenvalue weighted by molar-refractivity contribution is -0.149. The minimum absolute atomic E-state index is 0.00170. The van der Waals surface area contributed by atoms with Crippen LogP contribution in [-0.2, 0) is 30.3 Å². The van der Waals surface area contributed by atoms with Gasteiger partial charge < -0.3 is 34.8 Å². The van der Waals surface area contributed by atoms with Crippen molar-refractivity contribution in [2.45, 2.75) is 50.3 Å². The Morgan fingerprint density at radius 3 is 2.40 bits per heavy atom. The van der Waals surface area contributed by atoms with Gasteiger partial charge >= 0.3 is 17.8 Å². The Morgan fingerprint density at radius 1 is 0.914 bits per heavy atom. The molecule has 4 amide bonds. The number of benzene rings is 3. The van der Waals surface area contributed by atoms with Crippen molar-refractivity contribution in [3.05, 3.63) is 89.3 Å². The molecule has 5 aromatic rings. The van der Waals surface area contributed by atoms with Gasteiger partial charge in [-0.15, -0.1) is 5.10 Å². The first-order valence-electron chi connectivity index (χ1n) is 19.0. The fourth-order valence-corrected chi connectivity index (χ4v) is 8.37. The van der Waals surface area contributed by atoms with Gasteiger partial charge in [0.1, 0.15) is 18.1 Å². The van der Waals surface area contributed by atoms with Gasteiger partial charge in [0.05, 0.1) is 24.0 Å². The normalized spacial score (nSPS) is 19.8. The Bertz CT molecular complexity index is 2360. The second-order valence-corrected chi connectivity index (χ2v) is 15.1. The Kier molecular flexibility index (Phi) is 10.9. The van der Waals surface area contributed by atoms with Crippen LogP contribution < -0.4 is 15.1 Å². The summed E-state index contributed by atoms with van der Waals surface area (Å²) in [4.78, 5) is 76.6. The van der Waals surface area contributed by atoms with Crippen LogP contribution >= 0.6 is 11.6 Å². The van der Waals surface area contributed by atoms with Gasteiger partial charge in [-0.2, -0.15) is 4.68 Å². The monoisotopic (exact) mass is 808 g/mol. The van der Waals surface area contributed by atoms with Crippen LogP contribution in [0.15, 0.2) is 73.1 Å². The van der Waals surface area contributed by atoms with Crippen molar-refractivity contribution < 1.29 is 33.8 Å². The number of hydrogen-bond acceptors (Lipinski definition) is 10. The molecule has 0 radical (unpaired) electrons. The van der Waals surface area contributed by atoms with Gasteiger partial charge in [-0.25, -0.2) is 4.79 Å². The molecule has 3 aliphatic rings. The number of tetrazole rings is 1. The van der Waals surface area contributed by atoms with Gasteiger partial charge in [0.15, 0.2) is 0 Å². The lowest BCUT2D eigenvalue weighted by atomic mass is 9.91. The van der Waals surface area contributed by atoms with Crippen LogP contribution in [0.4, 0.5) is 17.1 Å². The van der Waals surface area contributed by atoms with Crippen LogP contribution in [0.5, 0.6) is 0 Å². The van der Waals surface area contributed by atoms with Gasteiger partial charge in [0.25, 0.3) is 0 Å². The van der Waals surface area contributed by atoms with Gasteiger partial charge in [-0.1, -0.05) is 23.7 Å². The van der Waals surface area contributed by atoms with E-state index in [1.165, 1.54) is 26.9 Å². The minimum atomic E-state index is -1.13. The van der Waals surface area contributed by atoms with Crippen molar-refractivity contribution in [1.29, 1.82) is 0 Å². The standard InChI is InChI=1S/C40H41ClN10O7/c1-58-30-10-8-28(9-11-30)47-14-15-48(36(52)22-47)29-6-2-24(3-7-29)18-35(37(53)43-27-5-12-31-25(19-27)20-32(44-31)40(56)57)50-17-16-49(38(54)39(50)55)34-21-26(41)4-13-33(34)51-23-42-45-46-51/h2-7,12-13,19-21,23,28,30,35,44H,8-11,14-18,22H2,1H3,(H,43,53)(H,56,57)/t28?,30?,35-/m0/s1. The first-order valence-corrected chi connectivity index (χ1v) is 19.4. The third-order valence-corrected chi connectivity index (χ3v) is 11.5. The third kappa shape index (κ3) is 7.88. The van der Waals surface area contributed by atoms with Crippen LogP contribution in [-0.4, -0.2) is 128 Å². The Labute approximate surface area is 337 Å². The highest BCUT2D eigenvalue weighted by molar-refractivity contribution is 6.41. The number of methoxy groups -OCH3 is 1. The number of aromatic carboxylic acids is 1. The molecule has 300 valence electrons. The summed E-state index contributed by atoms with van der Waals surface area (Å²) in [5.41, 5.74) is 3.13.